The molecule has 0 saturated carbocycles. The summed E-state index contributed by atoms with van der Waals surface area (Å²) >= 11 is 6.14. The van der Waals surface area contributed by atoms with Crippen molar-refractivity contribution >= 4 is 33.2 Å². The first-order valence-corrected chi connectivity index (χ1v) is 8.70. The molecular formula is C14H19ClN2O3S. The zero-order chi connectivity index (χ0) is 15.6. The Balaban J connectivity index is 2.18. The van der Waals surface area contributed by atoms with Gasteiger partial charge in [0, 0.05) is 31.1 Å². The van der Waals surface area contributed by atoms with Crippen molar-refractivity contribution in [3.05, 3.63) is 24.3 Å². The number of hydrogen-bond donors (Lipinski definition) is 1. The molecule has 2 atom stereocenters. The van der Waals surface area contributed by atoms with Gasteiger partial charge in [0.25, 0.3) is 0 Å². The van der Waals surface area contributed by atoms with Crippen molar-refractivity contribution in [2.75, 3.05) is 18.4 Å². The van der Waals surface area contributed by atoms with Gasteiger partial charge in [-0.05, 0) is 36.6 Å². The summed E-state index contributed by atoms with van der Waals surface area (Å²) in [5.41, 5.74) is 0.578. The maximum atomic E-state index is 12.6. The first-order valence-electron chi connectivity index (χ1n) is 6.82. The second-order valence-corrected chi connectivity index (χ2v) is 7.85. The highest BCUT2D eigenvalue weighted by Gasteiger charge is 2.32. The second kappa shape index (κ2) is 6.34. The van der Waals surface area contributed by atoms with Crippen LogP contribution >= 0.6 is 11.6 Å². The molecule has 0 aromatic heterocycles. The van der Waals surface area contributed by atoms with E-state index in [-0.39, 0.29) is 22.1 Å². The highest BCUT2D eigenvalue weighted by Crippen LogP contribution is 2.27. The van der Waals surface area contributed by atoms with Crippen molar-refractivity contribution < 1.29 is 13.2 Å². The molecule has 1 aromatic carbocycles. The number of benzene rings is 1. The predicted octanol–water partition coefficient (Wildman–Crippen LogP) is 2.28. The third-order valence-corrected chi connectivity index (χ3v) is 6.10. The molecule has 1 saturated heterocycles. The quantitative estimate of drug-likeness (QED) is 0.865. The van der Waals surface area contributed by atoms with E-state index in [2.05, 4.69) is 5.32 Å². The van der Waals surface area contributed by atoms with Gasteiger partial charge in [0.2, 0.25) is 15.9 Å². The van der Waals surface area contributed by atoms with Gasteiger partial charge in [-0.25, -0.2) is 8.42 Å². The van der Waals surface area contributed by atoms with Crippen LogP contribution < -0.4 is 5.32 Å². The molecule has 5 nitrogen and oxygen atoms in total. The van der Waals surface area contributed by atoms with E-state index in [1.54, 1.807) is 12.1 Å². The minimum atomic E-state index is -3.50. The lowest BCUT2D eigenvalue weighted by molar-refractivity contribution is -0.114. The molecule has 0 aliphatic carbocycles. The Morgan fingerprint density at radius 2 is 1.95 bits per heavy atom. The van der Waals surface area contributed by atoms with Gasteiger partial charge in [0.15, 0.2) is 0 Å². The minimum absolute atomic E-state index is 0.0265. The summed E-state index contributed by atoms with van der Waals surface area (Å²) in [6.07, 6.45) is 0.659. The Bertz CT molecular complexity index is 616. The third kappa shape index (κ3) is 3.75. The number of rotatable bonds is 3. The number of halogens is 1. The maximum absolute atomic E-state index is 12.6. The van der Waals surface area contributed by atoms with Crippen LogP contribution in [0.4, 0.5) is 5.69 Å². The van der Waals surface area contributed by atoms with Gasteiger partial charge in [-0.1, -0.05) is 6.92 Å². The molecule has 116 valence electrons. The van der Waals surface area contributed by atoms with E-state index in [9.17, 15) is 13.2 Å². The standard InChI is InChI=1S/C14H19ClN2O3S/c1-10-9-17(8-7-14(10)15)21(19,20)13-5-3-12(4-6-13)16-11(2)18/h3-6,10,14H,7-9H2,1-2H3,(H,16,18). The van der Waals surface area contributed by atoms with Crippen molar-refractivity contribution in [1.29, 1.82) is 0 Å². The van der Waals surface area contributed by atoms with Crippen molar-refractivity contribution in [3.63, 3.8) is 0 Å². The molecule has 0 radical (unpaired) electrons. The molecule has 1 amide bonds. The zero-order valence-electron chi connectivity index (χ0n) is 12.0. The van der Waals surface area contributed by atoms with Crippen LogP contribution in [0.3, 0.4) is 0 Å². The summed E-state index contributed by atoms with van der Waals surface area (Å²) in [5, 5.41) is 2.64. The number of sulfonamides is 1. The Kier molecular flexibility index (Phi) is 4.91. The largest absolute Gasteiger partial charge is 0.326 e. The SMILES string of the molecule is CC(=O)Nc1ccc(S(=O)(=O)N2CCC(Cl)C(C)C2)cc1. The molecule has 7 heteroatoms. The molecule has 2 unspecified atom stereocenters. The number of anilines is 1. The summed E-state index contributed by atoms with van der Waals surface area (Å²) in [4.78, 5) is 11.2. The van der Waals surface area contributed by atoms with Crippen LogP contribution in [0.25, 0.3) is 0 Å². The third-order valence-electron chi connectivity index (χ3n) is 3.58. The van der Waals surface area contributed by atoms with Crippen molar-refractivity contribution in [2.24, 2.45) is 5.92 Å². The Morgan fingerprint density at radius 3 is 2.48 bits per heavy atom. The second-order valence-electron chi connectivity index (χ2n) is 5.35. The molecule has 0 bridgehead atoms. The van der Waals surface area contributed by atoms with Crippen LogP contribution in [0, 0.1) is 5.92 Å². The summed E-state index contributed by atoms with van der Waals surface area (Å²) in [7, 11) is -3.50. The average molecular weight is 331 g/mol. The van der Waals surface area contributed by atoms with E-state index < -0.39 is 10.0 Å². The first kappa shape index (κ1) is 16.3. The highest BCUT2D eigenvalue weighted by atomic mass is 35.5. The smallest absolute Gasteiger partial charge is 0.243 e. The zero-order valence-corrected chi connectivity index (χ0v) is 13.6. The number of amides is 1. The molecule has 2 rings (SSSR count). The number of hydrogen-bond acceptors (Lipinski definition) is 3. The lowest BCUT2D eigenvalue weighted by atomic mass is 10.0. The fourth-order valence-electron chi connectivity index (χ4n) is 2.36. The first-order chi connectivity index (χ1) is 9.80. The Hall–Kier alpha value is -1.11. The van der Waals surface area contributed by atoms with Gasteiger partial charge in [-0.2, -0.15) is 4.31 Å². The lowest BCUT2D eigenvalue weighted by Crippen LogP contribution is -2.43. The Morgan fingerprint density at radius 1 is 1.33 bits per heavy atom. The van der Waals surface area contributed by atoms with Gasteiger partial charge in [-0.3, -0.25) is 4.79 Å². The van der Waals surface area contributed by atoms with Crippen LogP contribution in [0.1, 0.15) is 20.3 Å². The number of nitrogens with one attached hydrogen (secondary N) is 1. The van der Waals surface area contributed by atoms with E-state index in [4.69, 9.17) is 11.6 Å². The summed E-state index contributed by atoms with van der Waals surface area (Å²) in [5.74, 6) is -0.0579. The van der Waals surface area contributed by atoms with E-state index in [1.165, 1.54) is 23.4 Å². The van der Waals surface area contributed by atoms with Crippen LogP contribution in [-0.4, -0.2) is 37.1 Å². The number of nitrogens with zero attached hydrogens (tertiary/aromatic N) is 1. The molecule has 1 fully saturated rings. The van der Waals surface area contributed by atoms with Crippen LogP contribution in [0.15, 0.2) is 29.2 Å². The van der Waals surface area contributed by atoms with Crippen molar-refractivity contribution in [3.8, 4) is 0 Å². The molecule has 1 heterocycles. The Labute approximate surface area is 130 Å². The van der Waals surface area contributed by atoms with Gasteiger partial charge >= 0.3 is 0 Å². The molecule has 0 spiro atoms. The van der Waals surface area contributed by atoms with Crippen LogP contribution in [0.2, 0.25) is 0 Å². The average Bonchev–Trinajstić information content (AvgIpc) is 2.41. The van der Waals surface area contributed by atoms with E-state index >= 15 is 0 Å². The fourth-order valence-corrected chi connectivity index (χ4v) is 4.09. The van der Waals surface area contributed by atoms with E-state index in [0.717, 1.165) is 0 Å². The molecule has 21 heavy (non-hydrogen) atoms. The van der Waals surface area contributed by atoms with Crippen LogP contribution in [-0.2, 0) is 14.8 Å². The topological polar surface area (TPSA) is 66.5 Å². The monoisotopic (exact) mass is 330 g/mol. The number of carbonyl (C=O) groups excluding carboxylic acids is 1. The minimum Gasteiger partial charge on any atom is -0.326 e. The summed E-state index contributed by atoms with van der Waals surface area (Å²) < 4.78 is 26.6. The fraction of sp³-hybridized carbons (Fsp3) is 0.500. The number of carbonyl (C=O) groups is 1. The van der Waals surface area contributed by atoms with Gasteiger partial charge in [0.1, 0.15) is 0 Å². The molecule has 1 aliphatic rings. The van der Waals surface area contributed by atoms with Crippen molar-refractivity contribution in [2.45, 2.75) is 30.5 Å². The van der Waals surface area contributed by atoms with E-state index in [1.807, 2.05) is 6.92 Å². The van der Waals surface area contributed by atoms with Crippen LogP contribution in [0.5, 0.6) is 0 Å². The summed E-state index contributed by atoms with van der Waals surface area (Å²) in [6.45, 7) is 4.24. The molecule has 1 N–H and O–H groups in total. The van der Waals surface area contributed by atoms with Crippen molar-refractivity contribution in [1.82, 2.24) is 4.31 Å². The molecular weight excluding hydrogens is 312 g/mol. The normalized spacial score (nSPS) is 23.8. The number of alkyl halides is 1. The molecule has 1 aromatic rings. The highest BCUT2D eigenvalue weighted by molar-refractivity contribution is 7.89. The maximum Gasteiger partial charge on any atom is 0.243 e. The van der Waals surface area contributed by atoms with Gasteiger partial charge < -0.3 is 5.32 Å². The molecule has 1 aliphatic heterocycles. The lowest BCUT2D eigenvalue weighted by Gasteiger charge is -2.33. The predicted molar refractivity (Wildman–Crippen MR) is 82.9 cm³/mol. The number of piperidine rings is 1. The summed E-state index contributed by atoms with van der Waals surface area (Å²) in [6, 6.07) is 6.20. The van der Waals surface area contributed by atoms with E-state index in [0.29, 0.717) is 25.2 Å². The van der Waals surface area contributed by atoms with Gasteiger partial charge in [0.05, 0.1) is 4.90 Å². The van der Waals surface area contributed by atoms with Gasteiger partial charge in [-0.15, -0.1) is 11.6 Å².